The standard InChI is InChI=1S/B2H4O5.Ba.Li.3H/c3-1(4)7-2(5)6;;;;;/h3-6H;;;;;. The van der Waals surface area contributed by atoms with E-state index in [0.717, 1.165) is 0 Å². The molecule has 0 aliphatic carbocycles. The quantitative estimate of drug-likeness (QED) is 0.372. The average Bonchev–Trinajstić information content (AvgIpc) is 1.27. The fourth-order valence-corrected chi connectivity index (χ4v) is 0.109. The topological polar surface area (TPSA) is 90.2 Å². The molecule has 0 aliphatic rings. The minimum absolute atomic E-state index is 0. The van der Waals surface area contributed by atoms with Gasteiger partial charge in [-0.15, -0.1) is 0 Å². The van der Waals surface area contributed by atoms with Gasteiger partial charge in [-0.05, 0) is 0 Å². The molecular weight excluding hydrogens is 246 g/mol. The first-order valence-corrected chi connectivity index (χ1v) is 1.50. The van der Waals surface area contributed by atoms with E-state index in [-0.39, 0.29) is 67.7 Å². The van der Waals surface area contributed by atoms with Crippen LogP contribution in [0.15, 0.2) is 0 Å². The van der Waals surface area contributed by atoms with Gasteiger partial charge in [0.1, 0.15) is 0 Å². The van der Waals surface area contributed by atoms with Gasteiger partial charge in [0.2, 0.25) is 0 Å². The Kier molecular flexibility index (Phi) is 19.4. The van der Waals surface area contributed by atoms with Crippen molar-refractivity contribution < 1.29 is 24.7 Å². The fourth-order valence-electron chi connectivity index (χ4n) is 0.109. The number of hydrogen-bond acceptors (Lipinski definition) is 5. The zero-order valence-corrected chi connectivity index (χ0v) is 3.35. The summed E-state index contributed by atoms with van der Waals surface area (Å²) in [5.74, 6) is 0. The Morgan fingerprint density at radius 3 is 1.11 bits per heavy atom. The van der Waals surface area contributed by atoms with E-state index < -0.39 is 14.6 Å². The monoisotopic (exact) mass is 254 g/mol. The van der Waals surface area contributed by atoms with E-state index in [2.05, 4.69) is 4.57 Å². The summed E-state index contributed by atoms with van der Waals surface area (Å²) in [4.78, 5) is 0. The van der Waals surface area contributed by atoms with Crippen LogP contribution in [0.2, 0.25) is 0 Å². The summed E-state index contributed by atoms with van der Waals surface area (Å²) in [6, 6.07) is 0. The van der Waals surface area contributed by atoms with Gasteiger partial charge in [-0.25, -0.2) is 0 Å². The third-order valence-corrected chi connectivity index (χ3v) is 0.243. The van der Waals surface area contributed by atoms with E-state index in [4.69, 9.17) is 20.1 Å². The average molecular weight is 253 g/mol. The number of rotatable bonds is 2. The van der Waals surface area contributed by atoms with E-state index in [1.807, 2.05) is 0 Å². The molecule has 0 bridgehead atoms. The number of hydrogen-bond donors (Lipinski definition) is 4. The van der Waals surface area contributed by atoms with Gasteiger partial charge in [-0.1, -0.05) is 0 Å². The van der Waals surface area contributed by atoms with Crippen molar-refractivity contribution in [3.8, 4) is 0 Å². The van der Waals surface area contributed by atoms with Gasteiger partial charge in [0.15, 0.2) is 0 Å². The van der Waals surface area contributed by atoms with Crippen molar-refractivity contribution in [2.24, 2.45) is 0 Å². The molecule has 0 heterocycles. The van der Waals surface area contributed by atoms with E-state index in [9.17, 15) is 0 Å². The summed E-state index contributed by atoms with van der Waals surface area (Å²) in [6.45, 7) is 0. The minimum atomic E-state index is -2.13. The van der Waals surface area contributed by atoms with Crippen molar-refractivity contribution in [1.82, 2.24) is 0 Å². The molecular formula is H7B2BaLiO5. The van der Waals surface area contributed by atoms with Crippen LogP contribution in [0.5, 0.6) is 0 Å². The molecule has 0 radical (unpaired) electrons. The van der Waals surface area contributed by atoms with Gasteiger partial charge in [0.05, 0.1) is 0 Å². The maximum absolute atomic E-state index is 7.74. The molecule has 0 aromatic rings. The second kappa shape index (κ2) is 10.1. The van der Waals surface area contributed by atoms with Crippen molar-refractivity contribution in [2.45, 2.75) is 0 Å². The Labute approximate surface area is 105 Å². The first-order valence-electron chi connectivity index (χ1n) is 1.50. The van der Waals surface area contributed by atoms with Gasteiger partial charge >= 0.3 is 82.4 Å². The van der Waals surface area contributed by atoms with E-state index >= 15 is 0 Å². The first-order chi connectivity index (χ1) is 3.13. The van der Waals surface area contributed by atoms with Crippen LogP contribution in [0.1, 0.15) is 0 Å². The van der Waals surface area contributed by atoms with Crippen molar-refractivity contribution in [3.63, 3.8) is 0 Å². The summed E-state index contributed by atoms with van der Waals surface area (Å²) in [5, 5.41) is 30.9. The van der Waals surface area contributed by atoms with E-state index in [0.29, 0.717) is 0 Å². The molecule has 0 amide bonds. The zero-order chi connectivity index (χ0) is 5.86. The summed E-state index contributed by atoms with van der Waals surface area (Å²) >= 11 is 0. The van der Waals surface area contributed by atoms with E-state index in [1.165, 1.54) is 0 Å². The van der Waals surface area contributed by atoms with Crippen LogP contribution in [0.25, 0.3) is 0 Å². The molecule has 0 unspecified atom stereocenters. The van der Waals surface area contributed by atoms with Crippen LogP contribution in [0, 0.1) is 0 Å². The third-order valence-electron chi connectivity index (χ3n) is 0.243. The first kappa shape index (κ1) is 17.3. The summed E-state index contributed by atoms with van der Waals surface area (Å²) < 4.78 is 3.47. The van der Waals surface area contributed by atoms with Crippen molar-refractivity contribution in [1.29, 1.82) is 0 Å². The molecule has 0 fully saturated rings. The molecule has 0 aromatic heterocycles. The van der Waals surface area contributed by atoms with Crippen molar-refractivity contribution in [2.75, 3.05) is 0 Å². The molecule has 9 heteroatoms. The molecule has 9 heavy (non-hydrogen) atoms. The molecule has 0 spiro atoms. The van der Waals surface area contributed by atoms with E-state index in [1.54, 1.807) is 0 Å². The predicted octanol–water partition coefficient (Wildman–Crippen LogP) is -4.62. The Morgan fingerprint density at radius 1 is 0.889 bits per heavy atom. The molecule has 0 rings (SSSR count). The van der Waals surface area contributed by atoms with Crippen LogP contribution < -0.4 is 0 Å². The Bertz CT molecular complexity index is 44.2. The molecule has 4 N–H and O–H groups in total. The normalized spacial score (nSPS) is 6.67. The Hall–Kier alpha value is 2.10. The van der Waals surface area contributed by atoms with Gasteiger partial charge in [0.25, 0.3) is 0 Å². The summed E-state index contributed by atoms with van der Waals surface area (Å²) in [7, 11) is -4.25. The van der Waals surface area contributed by atoms with Crippen LogP contribution in [-0.4, -0.2) is 102 Å². The van der Waals surface area contributed by atoms with Gasteiger partial charge in [0, 0.05) is 0 Å². The molecule has 0 saturated carbocycles. The van der Waals surface area contributed by atoms with Gasteiger partial charge in [-0.2, -0.15) is 0 Å². The van der Waals surface area contributed by atoms with Crippen LogP contribution in [0.4, 0.5) is 0 Å². The van der Waals surface area contributed by atoms with Crippen molar-refractivity contribution >= 4 is 82.4 Å². The third kappa shape index (κ3) is 17.8. The zero-order valence-electron chi connectivity index (χ0n) is 3.35. The fraction of sp³-hybridized carbons (Fsp3) is 0. The van der Waals surface area contributed by atoms with Crippen LogP contribution >= 0.6 is 0 Å². The maximum atomic E-state index is 7.74. The van der Waals surface area contributed by atoms with Crippen molar-refractivity contribution in [3.05, 3.63) is 0 Å². The molecule has 0 aromatic carbocycles. The molecule has 0 atom stereocenters. The molecule has 0 saturated heterocycles. The second-order valence-electron chi connectivity index (χ2n) is 0.789. The van der Waals surface area contributed by atoms with Gasteiger partial charge in [-0.3, -0.25) is 0 Å². The van der Waals surface area contributed by atoms with Crippen LogP contribution in [-0.2, 0) is 4.57 Å². The van der Waals surface area contributed by atoms with Crippen LogP contribution in [0.3, 0.4) is 0 Å². The SMILES string of the molecule is OB(O)OB(O)O.[BaH2].[LiH]. The Balaban J connectivity index is -0.000000180. The summed E-state index contributed by atoms with van der Waals surface area (Å²) in [5.41, 5.74) is 0. The molecule has 5 nitrogen and oxygen atoms in total. The second-order valence-corrected chi connectivity index (χ2v) is 0.789. The molecule has 0 aliphatic heterocycles. The van der Waals surface area contributed by atoms with Gasteiger partial charge < -0.3 is 24.7 Å². The Morgan fingerprint density at radius 2 is 1.11 bits per heavy atom. The predicted molar refractivity (Wildman–Crippen MR) is 37.2 cm³/mol. The summed E-state index contributed by atoms with van der Waals surface area (Å²) in [6.07, 6.45) is 0. The molecule has 46 valence electrons.